The molecule has 31 heavy (non-hydrogen) atoms. The SMILES string of the molecule is [C-]#[N+]c1cccc(-n2nc(C)cc2C(=O)Nc2cc(C(Cl)CCC3CC3)ccc2F)c1. The molecular weight excluding hydrogens is 415 g/mol. The molecule has 0 spiro atoms. The first-order valence-electron chi connectivity index (χ1n) is 10.2. The molecule has 1 amide bonds. The smallest absolute Gasteiger partial charge is 0.274 e. The quantitative estimate of drug-likeness (QED) is 0.335. The van der Waals surface area contributed by atoms with Crippen LogP contribution in [0, 0.1) is 25.2 Å². The predicted molar refractivity (Wildman–Crippen MR) is 119 cm³/mol. The van der Waals surface area contributed by atoms with E-state index in [-0.39, 0.29) is 16.8 Å². The van der Waals surface area contributed by atoms with Gasteiger partial charge in [-0.2, -0.15) is 5.10 Å². The Labute approximate surface area is 185 Å². The summed E-state index contributed by atoms with van der Waals surface area (Å²) in [5, 5.41) is 6.81. The molecule has 1 saturated carbocycles. The van der Waals surface area contributed by atoms with Gasteiger partial charge in [-0.25, -0.2) is 13.9 Å². The van der Waals surface area contributed by atoms with E-state index in [0.29, 0.717) is 17.1 Å². The van der Waals surface area contributed by atoms with Gasteiger partial charge in [0.15, 0.2) is 5.69 Å². The van der Waals surface area contributed by atoms with E-state index in [2.05, 4.69) is 15.3 Å². The Morgan fingerprint density at radius 2 is 2.13 bits per heavy atom. The molecule has 1 atom stereocenters. The number of hydrogen-bond donors (Lipinski definition) is 1. The monoisotopic (exact) mass is 436 g/mol. The van der Waals surface area contributed by atoms with E-state index in [4.69, 9.17) is 18.2 Å². The number of anilines is 1. The van der Waals surface area contributed by atoms with Crippen LogP contribution in [0.15, 0.2) is 48.5 Å². The van der Waals surface area contributed by atoms with Crippen LogP contribution in [0.1, 0.15) is 52.8 Å². The molecule has 0 radical (unpaired) electrons. The Morgan fingerprint density at radius 3 is 2.87 bits per heavy atom. The second-order valence-electron chi connectivity index (χ2n) is 7.90. The van der Waals surface area contributed by atoms with Crippen molar-refractivity contribution in [1.82, 2.24) is 9.78 Å². The summed E-state index contributed by atoms with van der Waals surface area (Å²) in [6.45, 7) is 8.96. The Morgan fingerprint density at radius 1 is 1.32 bits per heavy atom. The summed E-state index contributed by atoms with van der Waals surface area (Å²) < 4.78 is 15.9. The number of halogens is 2. The second kappa shape index (κ2) is 8.91. The summed E-state index contributed by atoms with van der Waals surface area (Å²) >= 11 is 6.52. The van der Waals surface area contributed by atoms with Crippen LogP contribution >= 0.6 is 11.6 Å². The molecule has 4 rings (SSSR count). The van der Waals surface area contributed by atoms with Crippen molar-refractivity contribution in [3.63, 3.8) is 0 Å². The summed E-state index contributed by atoms with van der Waals surface area (Å²) in [6, 6.07) is 13.0. The maximum Gasteiger partial charge on any atom is 0.274 e. The molecule has 0 saturated heterocycles. The molecule has 1 aromatic heterocycles. The summed E-state index contributed by atoms with van der Waals surface area (Å²) in [7, 11) is 0. The zero-order valence-electron chi connectivity index (χ0n) is 17.1. The van der Waals surface area contributed by atoms with Gasteiger partial charge in [-0.1, -0.05) is 31.0 Å². The Balaban J connectivity index is 1.57. The highest BCUT2D eigenvalue weighted by Gasteiger charge is 2.23. The molecule has 7 heteroatoms. The first-order valence-corrected chi connectivity index (χ1v) is 10.7. The molecule has 0 bridgehead atoms. The summed E-state index contributed by atoms with van der Waals surface area (Å²) in [6.07, 6.45) is 4.42. The molecule has 1 N–H and O–H groups in total. The standard InChI is InChI=1S/C24H22ClFN4O/c1-15-12-23(30(29-15)19-5-3-4-18(14-19)27-2)24(31)28-22-13-17(9-11-21(22)26)20(25)10-8-16-6-7-16/h3-5,9,11-14,16,20H,6-8,10H2,1H3,(H,28,31). The zero-order chi connectivity index (χ0) is 22.0. The van der Waals surface area contributed by atoms with Gasteiger partial charge in [0.05, 0.1) is 29.0 Å². The lowest BCUT2D eigenvalue weighted by Crippen LogP contribution is -2.18. The minimum absolute atomic E-state index is 0.0832. The van der Waals surface area contributed by atoms with E-state index in [1.807, 2.05) is 0 Å². The summed E-state index contributed by atoms with van der Waals surface area (Å²) in [5.74, 6) is -0.249. The van der Waals surface area contributed by atoms with Crippen molar-refractivity contribution >= 4 is 28.9 Å². The lowest BCUT2D eigenvalue weighted by atomic mass is 10.0. The van der Waals surface area contributed by atoms with E-state index in [1.165, 1.54) is 23.6 Å². The van der Waals surface area contributed by atoms with Crippen LogP contribution in [0.4, 0.5) is 15.8 Å². The molecule has 158 valence electrons. The van der Waals surface area contributed by atoms with Crippen molar-refractivity contribution in [2.45, 2.75) is 38.0 Å². The first kappa shape index (κ1) is 21.1. The molecule has 1 fully saturated rings. The highest BCUT2D eigenvalue weighted by molar-refractivity contribution is 6.20. The van der Waals surface area contributed by atoms with Gasteiger partial charge >= 0.3 is 0 Å². The maximum absolute atomic E-state index is 14.4. The highest BCUT2D eigenvalue weighted by atomic mass is 35.5. The Bertz CT molecular complexity index is 1160. The molecule has 1 aliphatic rings. The van der Waals surface area contributed by atoms with E-state index in [9.17, 15) is 9.18 Å². The number of nitrogens with one attached hydrogen (secondary N) is 1. The fraction of sp³-hybridized carbons (Fsp3) is 0.292. The predicted octanol–water partition coefficient (Wildman–Crippen LogP) is 6.59. The maximum atomic E-state index is 14.4. The number of benzene rings is 2. The third kappa shape index (κ3) is 4.95. The van der Waals surface area contributed by atoms with Gasteiger partial charge in [-0.05, 0) is 61.6 Å². The summed E-state index contributed by atoms with van der Waals surface area (Å²) in [4.78, 5) is 16.4. The number of nitrogens with zero attached hydrogens (tertiary/aromatic N) is 3. The molecule has 3 aromatic rings. The fourth-order valence-electron chi connectivity index (χ4n) is 3.53. The number of aromatic nitrogens is 2. The van der Waals surface area contributed by atoms with E-state index < -0.39 is 11.7 Å². The van der Waals surface area contributed by atoms with Crippen LogP contribution in [-0.2, 0) is 0 Å². The van der Waals surface area contributed by atoms with Gasteiger partial charge in [-0.15, -0.1) is 11.6 Å². The van der Waals surface area contributed by atoms with E-state index >= 15 is 0 Å². The number of carbonyl (C=O) groups is 1. The van der Waals surface area contributed by atoms with Gasteiger partial charge in [0, 0.05) is 0 Å². The number of rotatable bonds is 7. The van der Waals surface area contributed by atoms with Crippen LogP contribution in [0.3, 0.4) is 0 Å². The van der Waals surface area contributed by atoms with Crippen LogP contribution in [0.25, 0.3) is 10.5 Å². The Kier molecular flexibility index (Phi) is 6.06. The molecule has 1 aliphatic carbocycles. The van der Waals surface area contributed by atoms with Crippen molar-refractivity contribution in [1.29, 1.82) is 0 Å². The van der Waals surface area contributed by atoms with Crippen molar-refractivity contribution in [3.05, 3.63) is 82.7 Å². The normalized spacial score (nSPS) is 14.1. The van der Waals surface area contributed by atoms with Crippen LogP contribution < -0.4 is 5.32 Å². The number of aryl methyl sites for hydroxylation is 1. The third-order valence-corrected chi connectivity index (χ3v) is 5.86. The molecule has 1 heterocycles. The lowest BCUT2D eigenvalue weighted by Gasteiger charge is -2.13. The summed E-state index contributed by atoms with van der Waals surface area (Å²) in [5.41, 5.74) is 2.78. The zero-order valence-corrected chi connectivity index (χ0v) is 17.9. The number of amides is 1. The largest absolute Gasteiger partial charge is 0.318 e. The lowest BCUT2D eigenvalue weighted by molar-refractivity contribution is 0.101. The average molecular weight is 437 g/mol. The van der Waals surface area contributed by atoms with Crippen molar-refractivity contribution in [2.24, 2.45) is 5.92 Å². The van der Waals surface area contributed by atoms with Gasteiger partial charge in [0.1, 0.15) is 11.5 Å². The highest BCUT2D eigenvalue weighted by Crippen LogP contribution is 2.38. The minimum atomic E-state index is -0.527. The minimum Gasteiger partial charge on any atom is -0.318 e. The van der Waals surface area contributed by atoms with Gasteiger partial charge in [0.2, 0.25) is 0 Å². The molecular formula is C24H22ClFN4O. The average Bonchev–Trinajstić information content (AvgIpc) is 3.52. The van der Waals surface area contributed by atoms with Crippen molar-refractivity contribution < 1.29 is 9.18 Å². The third-order valence-electron chi connectivity index (χ3n) is 5.39. The van der Waals surface area contributed by atoms with E-state index in [1.54, 1.807) is 49.4 Å². The van der Waals surface area contributed by atoms with Gasteiger partial charge < -0.3 is 5.32 Å². The van der Waals surface area contributed by atoms with Gasteiger partial charge in [-0.3, -0.25) is 4.79 Å². The van der Waals surface area contributed by atoms with Crippen LogP contribution in [0.2, 0.25) is 0 Å². The fourth-order valence-corrected chi connectivity index (χ4v) is 3.79. The second-order valence-corrected chi connectivity index (χ2v) is 8.42. The molecule has 0 aliphatic heterocycles. The molecule has 1 unspecified atom stereocenters. The topological polar surface area (TPSA) is 51.3 Å². The molecule has 5 nitrogen and oxygen atoms in total. The number of alkyl halides is 1. The van der Waals surface area contributed by atoms with Crippen molar-refractivity contribution in [2.75, 3.05) is 5.32 Å². The van der Waals surface area contributed by atoms with Crippen molar-refractivity contribution in [3.8, 4) is 5.69 Å². The van der Waals surface area contributed by atoms with E-state index in [0.717, 1.165) is 24.3 Å². The molecule has 2 aromatic carbocycles. The number of carbonyl (C=O) groups excluding carboxylic acids is 1. The van der Waals surface area contributed by atoms with Crippen LogP contribution in [-0.4, -0.2) is 15.7 Å². The number of hydrogen-bond acceptors (Lipinski definition) is 2. The first-order chi connectivity index (χ1) is 14.9. The van der Waals surface area contributed by atoms with Crippen LogP contribution in [0.5, 0.6) is 0 Å². The van der Waals surface area contributed by atoms with Gasteiger partial charge in [0.25, 0.3) is 5.91 Å². The Hall–Kier alpha value is -3.17.